The van der Waals surface area contributed by atoms with E-state index in [2.05, 4.69) is 16.0 Å². The first-order chi connectivity index (χ1) is 11.4. The number of carbonyl (C=O) groups excluding carboxylic acids is 1. The van der Waals surface area contributed by atoms with Gasteiger partial charge in [-0.1, -0.05) is 6.07 Å². The number of rotatable bonds is 3. The maximum atomic E-state index is 12.6. The Morgan fingerprint density at radius 1 is 1.21 bits per heavy atom. The molecule has 0 radical (unpaired) electrons. The maximum Gasteiger partial charge on any atom is 0.410 e. The Morgan fingerprint density at radius 3 is 2.67 bits per heavy atom. The van der Waals surface area contributed by atoms with Crippen LogP contribution in [0.1, 0.15) is 52.1 Å². The van der Waals surface area contributed by atoms with Crippen molar-refractivity contribution in [3.05, 3.63) is 30.1 Å². The number of likely N-dealkylation sites (tertiary alicyclic amines) is 2. The van der Waals surface area contributed by atoms with E-state index in [0.29, 0.717) is 6.04 Å². The minimum absolute atomic E-state index is 0.158. The maximum absolute atomic E-state index is 12.6. The van der Waals surface area contributed by atoms with Gasteiger partial charge in [-0.2, -0.15) is 0 Å². The highest BCUT2D eigenvalue weighted by Crippen LogP contribution is 2.31. The molecule has 0 aromatic carbocycles. The molecule has 2 aliphatic rings. The second kappa shape index (κ2) is 7.09. The summed E-state index contributed by atoms with van der Waals surface area (Å²) in [6, 6.07) is 6.76. The molecule has 1 amide bonds. The number of hydrogen-bond acceptors (Lipinski definition) is 4. The van der Waals surface area contributed by atoms with Crippen molar-refractivity contribution in [1.29, 1.82) is 0 Å². The molecule has 132 valence electrons. The van der Waals surface area contributed by atoms with E-state index in [9.17, 15) is 4.79 Å². The fraction of sp³-hybridized carbons (Fsp3) is 0.684. The van der Waals surface area contributed by atoms with E-state index in [1.807, 2.05) is 44.0 Å². The summed E-state index contributed by atoms with van der Waals surface area (Å²) >= 11 is 0. The third-order valence-electron chi connectivity index (χ3n) is 4.88. The summed E-state index contributed by atoms with van der Waals surface area (Å²) in [6.07, 6.45) is 6.17. The molecule has 2 saturated heterocycles. The largest absolute Gasteiger partial charge is 0.444 e. The topological polar surface area (TPSA) is 45.7 Å². The number of pyridine rings is 1. The highest BCUT2D eigenvalue weighted by molar-refractivity contribution is 5.69. The van der Waals surface area contributed by atoms with Crippen molar-refractivity contribution in [1.82, 2.24) is 14.8 Å². The summed E-state index contributed by atoms with van der Waals surface area (Å²) in [5.41, 5.74) is 0.666. The van der Waals surface area contributed by atoms with Crippen molar-refractivity contribution in [2.45, 2.75) is 70.7 Å². The van der Waals surface area contributed by atoms with Crippen LogP contribution in [0, 0.1) is 0 Å². The van der Waals surface area contributed by atoms with E-state index >= 15 is 0 Å². The van der Waals surface area contributed by atoms with Crippen molar-refractivity contribution in [2.75, 3.05) is 13.1 Å². The summed E-state index contributed by atoms with van der Waals surface area (Å²) in [5.74, 6) is 0. The number of hydrogen-bond donors (Lipinski definition) is 0. The molecule has 3 heterocycles. The summed E-state index contributed by atoms with van der Waals surface area (Å²) in [6.45, 7) is 8.55. The van der Waals surface area contributed by atoms with Gasteiger partial charge in [0.05, 0.1) is 11.7 Å². The molecular formula is C19H29N3O2. The van der Waals surface area contributed by atoms with Gasteiger partial charge in [-0.3, -0.25) is 9.88 Å². The van der Waals surface area contributed by atoms with E-state index < -0.39 is 5.60 Å². The Labute approximate surface area is 145 Å². The van der Waals surface area contributed by atoms with E-state index in [4.69, 9.17) is 4.74 Å². The minimum atomic E-state index is -0.437. The van der Waals surface area contributed by atoms with Gasteiger partial charge >= 0.3 is 6.09 Å². The van der Waals surface area contributed by atoms with Crippen molar-refractivity contribution in [3.63, 3.8) is 0 Å². The lowest BCUT2D eigenvalue weighted by Crippen LogP contribution is -2.49. The molecule has 2 atom stereocenters. The van der Waals surface area contributed by atoms with Crippen molar-refractivity contribution >= 4 is 6.09 Å². The van der Waals surface area contributed by atoms with Crippen LogP contribution in [0.2, 0.25) is 0 Å². The van der Waals surface area contributed by atoms with Gasteiger partial charge in [-0.15, -0.1) is 0 Å². The van der Waals surface area contributed by atoms with Crippen LogP contribution >= 0.6 is 0 Å². The van der Waals surface area contributed by atoms with E-state index in [1.54, 1.807) is 0 Å². The first-order valence-corrected chi connectivity index (χ1v) is 9.07. The predicted molar refractivity (Wildman–Crippen MR) is 93.6 cm³/mol. The summed E-state index contributed by atoms with van der Waals surface area (Å²) < 4.78 is 5.62. The summed E-state index contributed by atoms with van der Waals surface area (Å²) in [7, 11) is 0. The molecule has 5 heteroatoms. The van der Waals surface area contributed by atoms with Crippen LogP contribution in [0.3, 0.4) is 0 Å². The Bertz CT molecular complexity index is 555. The zero-order chi connectivity index (χ0) is 17.2. The smallest absolute Gasteiger partial charge is 0.410 e. The van der Waals surface area contributed by atoms with Gasteiger partial charge in [0.25, 0.3) is 0 Å². The Hall–Kier alpha value is -1.62. The van der Waals surface area contributed by atoms with Crippen LogP contribution in [0.15, 0.2) is 24.4 Å². The third-order valence-corrected chi connectivity index (χ3v) is 4.88. The molecule has 3 rings (SSSR count). The van der Waals surface area contributed by atoms with Crippen LogP contribution in [0.5, 0.6) is 0 Å². The fourth-order valence-corrected chi connectivity index (χ4v) is 3.92. The molecule has 1 aromatic heterocycles. The van der Waals surface area contributed by atoms with E-state index in [-0.39, 0.29) is 12.1 Å². The molecule has 0 bridgehead atoms. The minimum Gasteiger partial charge on any atom is -0.444 e. The summed E-state index contributed by atoms with van der Waals surface area (Å²) in [5, 5.41) is 0. The Morgan fingerprint density at radius 2 is 1.96 bits per heavy atom. The highest BCUT2D eigenvalue weighted by atomic mass is 16.6. The Balaban J connectivity index is 1.68. The number of ether oxygens (including phenoxy) is 1. The van der Waals surface area contributed by atoms with Crippen LogP contribution < -0.4 is 0 Å². The molecule has 2 aliphatic heterocycles. The molecule has 0 N–H and O–H groups in total. The second-order valence-electron chi connectivity index (χ2n) is 7.88. The standard InChI is InChI=1S/C19H29N3O2/c1-19(2,3)24-18(23)22-13-7-10-17(22)16-9-6-12-21(16)14-15-8-4-5-11-20-15/h4-5,8,11,16-17H,6-7,9-10,12-14H2,1-3H3/t16-,17-/m0/s1. The molecule has 2 fully saturated rings. The molecule has 1 aromatic rings. The molecule has 5 nitrogen and oxygen atoms in total. The molecule has 0 unspecified atom stereocenters. The van der Waals surface area contributed by atoms with Gasteiger partial charge < -0.3 is 9.64 Å². The molecular weight excluding hydrogens is 302 g/mol. The van der Waals surface area contributed by atoms with Crippen LogP contribution in [-0.4, -0.2) is 51.7 Å². The number of aromatic nitrogens is 1. The van der Waals surface area contributed by atoms with Gasteiger partial charge in [0.1, 0.15) is 5.60 Å². The Kier molecular flexibility index (Phi) is 5.09. The zero-order valence-corrected chi connectivity index (χ0v) is 15.1. The van der Waals surface area contributed by atoms with Gasteiger partial charge in [-0.25, -0.2) is 4.79 Å². The summed E-state index contributed by atoms with van der Waals surface area (Å²) in [4.78, 5) is 21.5. The fourth-order valence-electron chi connectivity index (χ4n) is 3.92. The number of nitrogens with zero attached hydrogens (tertiary/aromatic N) is 3. The van der Waals surface area contributed by atoms with Gasteiger partial charge in [0, 0.05) is 25.3 Å². The molecule has 0 saturated carbocycles. The average Bonchev–Trinajstić information content (AvgIpc) is 3.14. The molecule has 24 heavy (non-hydrogen) atoms. The van der Waals surface area contributed by atoms with Gasteiger partial charge in [-0.05, 0) is 65.1 Å². The predicted octanol–water partition coefficient (Wildman–Crippen LogP) is 3.45. The van der Waals surface area contributed by atoms with Crippen molar-refractivity contribution in [2.24, 2.45) is 0 Å². The first kappa shape index (κ1) is 17.2. The van der Waals surface area contributed by atoms with Gasteiger partial charge in [0.15, 0.2) is 0 Å². The van der Waals surface area contributed by atoms with Crippen LogP contribution in [0.4, 0.5) is 4.79 Å². The molecule has 0 spiro atoms. The van der Waals surface area contributed by atoms with Crippen LogP contribution in [0.25, 0.3) is 0 Å². The van der Waals surface area contributed by atoms with Crippen LogP contribution in [-0.2, 0) is 11.3 Å². The quantitative estimate of drug-likeness (QED) is 0.851. The number of amides is 1. The number of carbonyl (C=O) groups is 1. The SMILES string of the molecule is CC(C)(C)OC(=O)N1CCC[C@H]1[C@@H]1CCCN1Cc1ccccn1. The second-order valence-corrected chi connectivity index (χ2v) is 7.88. The average molecular weight is 331 g/mol. The zero-order valence-electron chi connectivity index (χ0n) is 15.1. The van der Waals surface area contributed by atoms with Crippen molar-refractivity contribution < 1.29 is 9.53 Å². The van der Waals surface area contributed by atoms with Gasteiger partial charge in [0.2, 0.25) is 0 Å². The lowest BCUT2D eigenvalue weighted by Gasteiger charge is -2.35. The lowest BCUT2D eigenvalue weighted by molar-refractivity contribution is 0.0146. The highest BCUT2D eigenvalue weighted by Gasteiger charge is 2.41. The first-order valence-electron chi connectivity index (χ1n) is 9.07. The van der Waals surface area contributed by atoms with E-state index in [1.165, 1.54) is 6.42 Å². The lowest BCUT2D eigenvalue weighted by atomic mass is 10.0. The third kappa shape index (κ3) is 4.07. The molecule has 0 aliphatic carbocycles. The monoisotopic (exact) mass is 331 g/mol. The normalized spacial score (nSPS) is 25.2. The van der Waals surface area contributed by atoms with Crippen molar-refractivity contribution in [3.8, 4) is 0 Å². The van der Waals surface area contributed by atoms with E-state index in [0.717, 1.165) is 44.6 Å².